The van der Waals surface area contributed by atoms with Crippen molar-refractivity contribution >= 4 is 23.2 Å². The molecule has 0 spiro atoms. The largest absolute Gasteiger partial charge is 0.377 e. The van der Waals surface area contributed by atoms with Crippen molar-refractivity contribution in [2.45, 2.75) is 32.4 Å². The molecule has 5 nitrogen and oxygen atoms in total. The van der Waals surface area contributed by atoms with Crippen molar-refractivity contribution in [1.29, 1.82) is 0 Å². The number of nitrogens with one attached hydrogen (secondary N) is 1. The third-order valence-corrected chi connectivity index (χ3v) is 6.20. The Labute approximate surface area is 200 Å². The number of nitrogens with zero attached hydrogens (tertiary/aromatic N) is 2. The van der Waals surface area contributed by atoms with E-state index in [1.165, 1.54) is 12.1 Å². The molecule has 1 aliphatic rings. The van der Waals surface area contributed by atoms with Crippen LogP contribution in [0.4, 0.5) is 15.8 Å². The number of amides is 2. The molecule has 0 heterocycles. The zero-order chi connectivity index (χ0) is 24.2. The number of hydrogen-bond acceptors (Lipinski definition) is 3. The van der Waals surface area contributed by atoms with Crippen molar-refractivity contribution in [3.63, 3.8) is 0 Å². The number of anilines is 2. The molecule has 4 rings (SSSR count). The van der Waals surface area contributed by atoms with Crippen LogP contribution in [0.2, 0.25) is 0 Å². The van der Waals surface area contributed by atoms with Gasteiger partial charge in [0.15, 0.2) is 0 Å². The Morgan fingerprint density at radius 3 is 2.38 bits per heavy atom. The van der Waals surface area contributed by atoms with Gasteiger partial charge >= 0.3 is 0 Å². The predicted molar refractivity (Wildman–Crippen MR) is 133 cm³/mol. The molecule has 34 heavy (non-hydrogen) atoms. The van der Waals surface area contributed by atoms with E-state index in [2.05, 4.69) is 5.32 Å². The molecular formula is C28H30FN3O2. The minimum atomic E-state index is -0.447. The lowest BCUT2D eigenvalue weighted by atomic mass is 10.0. The highest BCUT2D eigenvalue weighted by molar-refractivity contribution is 5.95. The summed E-state index contributed by atoms with van der Waals surface area (Å²) in [6, 6.07) is 21.1. The maximum absolute atomic E-state index is 13.9. The van der Waals surface area contributed by atoms with Gasteiger partial charge < -0.3 is 15.1 Å². The first-order valence-electron chi connectivity index (χ1n) is 11.6. The first kappa shape index (κ1) is 23.5. The van der Waals surface area contributed by atoms with Gasteiger partial charge in [0.2, 0.25) is 5.91 Å². The molecule has 3 aromatic rings. The van der Waals surface area contributed by atoms with Crippen molar-refractivity contribution in [2.24, 2.45) is 5.92 Å². The Morgan fingerprint density at radius 2 is 1.74 bits per heavy atom. The SMILES string of the molecule is C[C@@H](c1ccccc1)N(Cc1cc(NC(=O)C2CC2)ccc1N(C)C)C(=O)c1cccc(F)c1. The Balaban J connectivity index is 1.71. The third kappa shape index (κ3) is 5.45. The molecule has 0 bridgehead atoms. The molecule has 1 atom stereocenters. The molecule has 1 saturated carbocycles. The van der Waals surface area contributed by atoms with Crippen molar-refractivity contribution in [1.82, 2.24) is 4.90 Å². The zero-order valence-corrected chi connectivity index (χ0v) is 19.8. The summed E-state index contributed by atoms with van der Waals surface area (Å²) in [4.78, 5) is 29.7. The Kier molecular flexibility index (Phi) is 6.96. The van der Waals surface area contributed by atoms with Gasteiger partial charge in [-0.3, -0.25) is 9.59 Å². The maximum Gasteiger partial charge on any atom is 0.254 e. The van der Waals surface area contributed by atoms with E-state index >= 15 is 0 Å². The topological polar surface area (TPSA) is 52.7 Å². The van der Waals surface area contributed by atoms with E-state index in [9.17, 15) is 14.0 Å². The Hall–Kier alpha value is -3.67. The minimum Gasteiger partial charge on any atom is -0.377 e. The van der Waals surface area contributed by atoms with Gasteiger partial charge in [-0.25, -0.2) is 4.39 Å². The summed E-state index contributed by atoms with van der Waals surface area (Å²) < 4.78 is 13.9. The highest BCUT2D eigenvalue weighted by atomic mass is 19.1. The molecule has 0 aromatic heterocycles. The van der Waals surface area contributed by atoms with E-state index in [1.807, 2.05) is 74.4 Å². The summed E-state index contributed by atoms with van der Waals surface area (Å²) in [5.74, 6) is -0.569. The normalized spacial score (nSPS) is 13.8. The van der Waals surface area contributed by atoms with E-state index in [0.29, 0.717) is 17.8 Å². The highest BCUT2D eigenvalue weighted by Crippen LogP contribution is 2.32. The van der Waals surface area contributed by atoms with Crippen LogP contribution in [0.15, 0.2) is 72.8 Å². The van der Waals surface area contributed by atoms with Crippen LogP contribution < -0.4 is 10.2 Å². The molecule has 1 fully saturated rings. The second-order valence-corrected chi connectivity index (χ2v) is 9.03. The number of hydrogen-bond donors (Lipinski definition) is 1. The van der Waals surface area contributed by atoms with Gasteiger partial charge in [-0.1, -0.05) is 36.4 Å². The lowest BCUT2D eigenvalue weighted by Crippen LogP contribution is -2.34. The molecule has 176 valence electrons. The zero-order valence-electron chi connectivity index (χ0n) is 19.8. The summed E-state index contributed by atoms with van der Waals surface area (Å²) in [5.41, 5.74) is 3.83. The van der Waals surface area contributed by atoms with Crippen LogP contribution in [0.1, 0.15) is 47.3 Å². The molecule has 1 aliphatic carbocycles. The number of carbonyl (C=O) groups is 2. The average molecular weight is 460 g/mol. The van der Waals surface area contributed by atoms with Crippen molar-refractivity contribution in [2.75, 3.05) is 24.3 Å². The van der Waals surface area contributed by atoms with Crippen LogP contribution in [0.5, 0.6) is 0 Å². The van der Waals surface area contributed by atoms with E-state index in [-0.39, 0.29) is 23.8 Å². The van der Waals surface area contributed by atoms with Gasteiger partial charge in [0.25, 0.3) is 5.91 Å². The molecule has 3 aromatic carbocycles. The second-order valence-electron chi connectivity index (χ2n) is 9.03. The van der Waals surface area contributed by atoms with Gasteiger partial charge in [-0.15, -0.1) is 0 Å². The standard InChI is InChI=1S/C28H30FN3O2/c1-19(20-8-5-4-6-9-20)32(28(34)22-10-7-11-24(29)16-22)18-23-17-25(14-15-26(23)31(2)3)30-27(33)21-12-13-21/h4-11,14-17,19,21H,12-13,18H2,1-3H3,(H,30,33)/t19-/m0/s1. The van der Waals surface area contributed by atoms with Crippen LogP contribution in [0, 0.1) is 11.7 Å². The number of halogens is 1. The fraction of sp³-hybridized carbons (Fsp3) is 0.286. The van der Waals surface area contributed by atoms with E-state index in [4.69, 9.17) is 0 Å². The number of carbonyl (C=O) groups excluding carboxylic acids is 2. The van der Waals surface area contributed by atoms with Crippen molar-refractivity contribution in [3.8, 4) is 0 Å². The summed E-state index contributed by atoms with van der Waals surface area (Å²) in [6.45, 7) is 2.27. The van der Waals surface area contributed by atoms with E-state index < -0.39 is 5.82 Å². The van der Waals surface area contributed by atoms with Gasteiger partial charge in [0.05, 0.1) is 6.04 Å². The van der Waals surface area contributed by atoms with Crippen LogP contribution in [0.3, 0.4) is 0 Å². The molecule has 0 saturated heterocycles. The second kappa shape index (κ2) is 10.1. The van der Waals surface area contributed by atoms with Gasteiger partial charge in [-0.05, 0) is 67.3 Å². The monoisotopic (exact) mass is 459 g/mol. The fourth-order valence-corrected chi connectivity index (χ4v) is 4.08. The Morgan fingerprint density at radius 1 is 1.00 bits per heavy atom. The van der Waals surface area contributed by atoms with Gasteiger partial charge in [0, 0.05) is 43.5 Å². The van der Waals surface area contributed by atoms with Crippen molar-refractivity contribution in [3.05, 3.63) is 95.3 Å². The summed E-state index contributed by atoms with van der Waals surface area (Å²) in [5, 5.41) is 3.00. The average Bonchev–Trinajstić information content (AvgIpc) is 3.68. The first-order chi connectivity index (χ1) is 16.3. The van der Waals surface area contributed by atoms with Crippen LogP contribution >= 0.6 is 0 Å². The van der Waals surface area contributed by atoms with Crippen LogP contribution in [0.25, 0.3) is 0 Å². The molecule has 0 unspecified atom stereocenters. The molecular weight excluding hydrogens is 429 g/mol. The Bertz CT molecular complexity index is 1180. The summed E-state index contributed by atoms with van der Waals surface area (Å²) >= 11 is 0. The predicted octanol–water partition coefficient (Wildman–Crippen LogP) is 5.64. The van der Waals surface area contributed by atoms with Crippen molar-refractivity contribution < 1.29 is 14.0 Å². The van der Waals surface area contributed by atoms with Gasteiger partial charge in [0.1, 0.15) is 5.82 Å². The lowest BCUT2D eigenvalue weighted by molar-refractivity contribution is -0.117. The fourth-order valence-electron chi connectivity index (χ4n) is 4.08. The molecule has 6 heteroatoms. The number of rotatable bonds is 8. The smallest absolute Gasteiger partial charge is 0.254 e. The van der Waals surface area contributed by atoms with Gasteiger partial charge in [-0.2, -0.15) is 0 Å². The first-order valence-corrected chi connectivity index (χ1v) is 11.6. The summed E-state index contributed by atoms with van der Waals surface area (Å²) in [6.07, 6.45) is 1.86. The molecule has 0 aliphatic heterocycles. The number of benzene rings is 3. The molecule has 0 radical (unpaired) electrons. The third-order valence-electron chi connectivity index (χ3n) is 6.20. The van der Waals surface area contributed by atoms with E-state index in [0.717, 1.165) is 29.7 Å². The van der Waals surface area contributed by atoms with E-state index in [1.54, 1.807) is 17.0 Å². The quantitative estimate of drug-likeness (QED) is 0.474. The molecule has 1 N–H and O–H groups in total. The molecule has 2 amide bonds. The maximum atomic E-state index is 13.9. The van der Waals surface area contributed by atoms with Crippen LogP contribution in [-0.2, 0) is 11.3 Å². The highest BCUT2D eigenvalue weighted by Gasteiger charge is 2.30. The lowest BCUT2D eigenvalue weighted by Gasteiger charge is -2.31. The summed E-state index contributed by atoms with van der Waals surface area (Å²) in [7, 11) is 3.89. The van der Waals surface area contributed by atoms with Crippen LogP contribution in [-0.4, -0.2) is 30.8 Å². The minimum absolute atomic E-state index is 0.0360.